The van der Waals surface area contributed by atoms with Crippen LogP contribution in [0.25, 0.3) is 0 Å². The number of ether oxygens (including phenoxy) is 3. The molecular weight excluding hydrogens is 476 g/mol. The summed E-state index contributed by atoms with van der Waals surface area (Å²) >= 11 is 3.39. The number of aryl methyl sites for hydroxylation is 1. The lowest BCUT2D eigenvalue weighted by atomic mass is 10.2. The van der Waals surface area contributed by atoms with Gasteiger partial charge in [0.05, 0.1) is 18.1 Å². The van der Waals surface area contributed by atoms with Gasteiger partial charge in [0.2, 0.25) is 6.10 Å². The second-order valence-corrected chi connectivity index (χ2v) is 9.57. The molecule has 0 radical (unpaired) electrons. The Bertz CT molecular complexity index is 1070. The minimum Gasteiger partial charge on any atom is -0.485 e. The zero-order chi connectivity index (χ0) is 21.3. The molecule has 10 heteroatoms. The third kappa shape index (κ3) is 4.40. The first-order chi connectivity index (χ1) is 14.3. The molecule has 1 amide bonds. The van der Waals surface area contributed by atoms with E-state index in [9.17, 15) is 13.2 Å². The molecule has 2 aliphatic heterocycles. The van der Waals surface area contributed by atoms with Crippen molar-refractivity contribution >= 4 is 37.5 Å². The van der Waals surface area contributed by atoms with E-state index in [0.29, 0.717) is 37.7 Å². The maximum absolute atomic E-state index is 12.8. The Kier molecular flexibility index (Phi) is 5.90. The van der Waals surface area contributed by atoms with E-state index in [1.54, 1.807) is 23.1 Å². The quantitative estimate of drug-likeness (QED) is 0.698. The fourth-order valence-electron chi connectivity index (χ4n) is 3.25. The monoisotopic (exact) mass is 496 g/mol. The van der Waals surface area contributed by atoms with Crippen molar-refractivity contribution in [3.63, 3.8) is 0 Å². The number of fused-ring (bicyclic) bond motifs is 1. The number of hydrogen-bond acceptors (Lipinski definition) is 6. The number of anilines is 1. The van der Waals surface area contributed by atoms with E-state index in [-0.39, 0.29) is 23.2 Å². The Morgan fingerprint density at radius 1 is 1.13 bits per heavy atom. The summed E-state index contributed by atoms with van der Waals surface area (Å²) in [6, 6.07) is 9.53. The van der Waals surface area contributed by atoms with Gasteiger partial charge in [0.15, 0.2) is 11.5 Å². The molecule has 8 nitrogen and oxygen atoms in total. The second-order valence-electron chi connectivity index (χ2n) is 7.03. The van der Waals surface area contributed by atoms with Crippen LogP contribution in [0.1, 0.15) is 5.56 Å². The Morgan fingerprint density at radius 2 is 1.90 bits per heavy atom. The van der Waals surface area contributed by atoms with Crippen molar-refractivity contribution in [2.45, 2.75) is 17.9 Å². The van der Waals surface area contributed by atoms with Crippen molar-refractivity contribution in [1.82, 2.24) is 4.90 Å². The van der Waals surface area contributed by atoms with E-state index in [4.69, 9.17) is 14.2 Å². The molecule has 0 bridgehead atoms. The molecule has 2 aromatic carbocycles. The molecule has 1 atom stereocenters. The normalized spacial score (nSPS) is 18.7. The van der Waals surface area contributed by atoms with Crippen LogP contribution in [0.2, 0.25) is 0 Å². The maximum Gasteiger partial charge on any atom is 0.267 e. The van der Waals surface area contributed by atoms with Crippen LogP contribution in [0.5, 0.6) is 11.5 Å². The van der Waals surface area contributed by atoms with Crippen LogP contribution in [0, 0.1) is 6.92 Å². The van der Waals surface area contributed by atoms with Crippen molar-refractivity contribution in [2.75, 3.05) is 37.6 Å². The fourth-order valence-corrected chi connectivity index (χ4v) is 4.56. The number of carbonyl (C=O) groups is 1. The van der Waals surface area contributed by atoms with E-state index in [1.807, 2.05) is 6.92 Å². The Labute approximate surface area is 183 Å². The molecule has 160 valence electrons. The fraction of sp³-hybridized carbons (Fsp3) is 0.350. The number of nitrogens with zero attached hydrogens (tertiary/aromatic N) is 1. The van der Waals surface area contributed by atoms with Crippen LogP contribution in [-0.4, -0.2) is 58.2 Å². The summed E-state index contributed by atoms with van der Waals surface area (Å²) in [5, 5.41) is 0. The van der Waals surface area contributed by atoms with Crippen molar-refractivity contribution in [3.8, 4) is 11.5 Å². The van der Waals surface area contributed by atoms with Crippen LogP contribution in [0.4, 0.5) is 5.69 Å². The highest BCUT2D eigenvalue weighted by Gasteiger charge is 2.32. The average Bonchev–Trinajstić information content (AvgIpc) is 2.75. The highest BCUT2D eigenvalue weighted by Crippen LogP contribution is 2.35. The van der Waals surface area contributed by atoms with E-state index in [0.717, 1.165) is 10.0 Å². The van der Waals surface area contributed by atoms with Gasteiger partial charge in [-0.3, -0.25) is 9.52 Å². The molecule has 1 N–H and O–H groups in total. The van der Waals surface area contributed by atoms with Gasteiger partial charge in [0.1, 0.15) is 6.61 Å². The largest absolute Gasteiger partial charge is 0.485 e. The van der Waals surface area contributed by atoms with Gasteiger partial charge in [0, 0.05) is 29.3 Å². The van der Waals surface area contributed by atoms with Gasteiger partial charge < -0.3 is 19.1 Å². The smallest absolute Gasteiger partial charge is 0.267 e. The van der Waals surface area contributed by atoms with Crippen molar-refractivity contribution in [2.24, 2.45) is 0 Å². The Balaban J connectivity index is 1.49. The third-order valence-electron chi connectivity index (χ3n) is 4.89. The highest BCUT2D eigenvalue weighted by atomic mass is 79.9. The Hall–Kier alpha value is -2.30. The number of hydrogen-bond donors (Lipinski definition) is 1. The molecule has 2 aromatic rings. The minimum atomic E-state index is -3.81. The topological polar surface area (TPSA) is 94.2 Å². The summed E-state index contributed by atoms with van der Waals surface area (Å²) < 4.78 is 45.7. The predicted molar refractivity (Wildman–Crippen MR) is 113 cm³/mol. The van der Waals surface area contributed by atoms with E-state index in [1.165, 1.54) is 18.2 Å². The highest BCUT2D eigenvalue weighted by molar-refractivity contribution is 9.10. The Morgan fingerprint density at radius 3 is 2.63 bits per heavy atom. The second kappa shape index (κ2) is 8.44. The predicted octanol–water partition coefficient (Wildman–Crippen LogP) is 2.56. The number of benzene rings is 2. The number of morpholine rings is 1. The van der Waals surface area contributed by atoms with Gasteiger partial charge in [-0.05, 0) is 42.8 Å². The van der Waals surface area contributed by atoms with Crippen molar-refractivity contribution in [1.29, 1.82) is 0 Å². The molecule has 30 heavy (non-hydrogen) atoms. The molecular formula is C20H21BrN2O6S. The van der Waals surface area contributed by atoms with Gasteiger partial charge in [0.25, 0.3) is 15.9 Å². The zero-order valence-corrected chi connectivity index (χ0v) is 18.7. The molecule has 2 heterocycles. The number of nitrogens with one attached hydrogen (secondary N) is 1. The van der Waals surface area contributed by atoms with Crippen molar-refractivity contribution < 1.29 is 27.4 Å². The zero-order valence-electron chi connectivity index (χ0n) is 16.3. The lowest BCUT2D eigenvalue weighted by Crippen LogP contribution is -2.50. The van der Waals surface area contributed by atoms with E-state index in [2.05, 4.69) is 20.7 Å². The van der Waals surface area contributed by atoms with Gasteiger partial charge >= 0.3 is 0 Å². The first-order valence-electron chi connectivity index (χ1n) is 9.42. The average molecular weight is 497 g/mol. The lowest BCUT2D eigenvalue weighted by molar-refractivity contribution is -0.145. The number of sulfonamides is 1. The van der Waals surface area contributed by atoms with Gasteiger partial charge in [-0.25, -0.2) is 8.42 Å². The van der Waals surface area contributed by atoms with Crippen LogP contribution in [0.3, 0.4) is 0 Å². The summed E-state index contributed by atoms with van der Waals surface area (Å²) in [5.74, 6) is 0.468. The summed E-state index contributed by atoms with van der Waals surface area (Å²) in [6.07, 6.45) is -0.762. The number of halogens is 1. The molecule has 4 rings (SSSR count). The third-order valence-corrected chi connectivity index (χ3v) is 7.16. The molecule has 0 saturated carbocycles. The van der Waals surface area contributed by atoms with Gasteiger partial charge in [-0.1, -0.05) is 15.9 Å². The molecule has 1 saturated heterocycles. The number of rotatable bonds is 4. The van der Waals surface area contributed by atoms with Crippen LogP contribution >= 0.6 is 15.9 Å². The van der Waals surface area contributed by atoms with Crippen molar-refractivity contribution in [3.05, 3.63) is 46.4 Å². The summed E-state index contributed by atoms with van der Waals surface area (Å²) in [6.45, 7) is 3.94. The molecule has 0 spiro atoms. The number of carbonyl (C=O) groups excluding carboxylic acids is 1. The van der Waals surface area contributed by atoms with E-state index >= 15 is 0 Å². The van der Waals surface area contributed by atoms with E-state index < -0.39 is 16.1 Å². The first kappa shape index (κ1) is 21.0. The number of amides is 1. The van der Waals surface area contributed by atoms with Crippen LogP contribution in [0.15, 0.2) is 45.8 Å². The van der Waals surface area contributed by atoms with Crippen LogP contribution in [-0.2, 0) is 19.6 Å². The van der Waals surface area contributed by atoms with Crippen LogP contribution < -0.4 is 14.2 Å². The first-order valence-corrected chi connectivity index (χ1v) is 11.7. The standard InChI is InChI=1S/C20H21BrN2O6S/c1-13-10-14(2-4-16(13)21)22-30(25,26)15-3-5-17-18(11-15)28-12-19(29-17)20(24)23-6-8-27-9-7-23/h2-5,10-11,19,22H,6-9,12H2,1H3/t19-/m0/s1. The molecule has 2 aliphatic rings. The maximum atomic E-state index is 12.8. The minimum absolute atomic E-state index is 0.0199. The SMILES string of the molecule is Cc1cc(NS(=O)(=O)c2ccc3c(c2)OC[C@@H](C(=O)N2CCOCC2)O3)ccc1Br. The van der Waals surface area contributed by atoms with Gasteiger partial charge in [-0.2, -0.15) is 0 Å². The van der Waals surface area contributed by atoms with Gasteiger partial charge in [-0.15, -0.1) is 0 Å². The molecule has 0 aromatic heterocycles. The lowest BCUT2D eigenvalue weighted by Gasteiger charge is -2.32. The summed E-state index contributed by atoms with van der Waals surface area (Å²) in [7, 11) is -3.81. The molecule has 1 fully saturated rings. The summed E-state index contributed by atoms with van der Waals surface area (Å²) in [4.78, 5) is 14.3. The molecule has 0 unspecified atom stereocenters. The summed E-state index contributed by atoms with van der Waals surface area (Å²) in [5.41, 5.74) is 1.37. The molecule has 0 aliphatic carbocycles.